The quantitative estimate of drug-likeness (QED) is 0.822. The molecule has 92 valence electrons. The van der Waals surface area contributed by atoms with Crippen molar-refractivity contribution in [1.82, 2.24) is 0 Å². The van der Waals surface area contributed by atoms with Gasteiger partial charge in [-0.25, -0.2) is 0 Å². The number of nitrogens with one attached hydrogen (secondary N) is 1. The van der Waals surface area contributed by atoms with E-state index in [1.807, 2.05) is 0 Å². The molecule has 0 aliphatic heterocycles. The average molecular weight is 326 g/mol. The molecule has 18 heavy (non-hydrogen) atoms. The van der Waals surface area contributed by atoms with E-state index in [4.69, 9.17) is 17.3 Å². The monoisotopic (exact) mass is 324 g/mol. The summed E-state index contributed by atoms with van der Waals surface area (Å²) >= 11 is 9.06. The lowest BCUT2D eigenvalue weighted by Crippen LogP contribution is -2.11. The van der Waals surface area contributed by atoms with Crippen LogP contribution in [0.25, 0.3) is 0 Å². The lowest BCUT2D eigenvalue weighted by atomic mass is 10.2. The van der Waals surface area contributed by atoms with Gasteiger partial charge in [-0.3, -0.25) is 4.79 Å². The molecule has 0 saturated carbocycles. The summed E-state index contributed by atoms with van der Waals surface area (Å²) < 4.78 is 0.700. The van der Waals surface area contributed by atoms with Crippen molar-refractivity contribution in [2.24, 2.45) is 0 Å². The number of halogens is 2. The molecular formula is C13H10BrClN2O. The molecule has 0 bridgehead atoms. The van der Waals surface area contributed by atoms with Gasteiger partial charge in [0.25, 0.3) is 5.91 Å². The summed E-state index contributed by atoms with van der Waals surface area (Å²) in [4.78, 5) is 12.0. The first-order valence-electron chi connectivity index (χ1n) is 5.18. The van der Waals surface area contributed by atoms with Crippen molar-refractivity contribution < 1.29 is 4.79 Å². The third-order valence-corrected chi connectivity index (χ3v) is 3.30. The molecule has 0 radical (unpaired) electrons. The van der Waals surface area contributed by atoms with Gasteiger partial charge >= 0.3 is 0 Å². The second-order valence-electron chi connectivity index (χ2n) is 3.70. The number of nitrogens with two attached hydrogens (primary N) is 1. The largest absolute Gasteiger partial charge is 0.398 e. The number of rotatable bonds is 2. The predicted octanol–water partition coefficient (Wildman–Crippen LogP) is 3.94. The highest BCUT2D eigenvalue weighted by molar-refractivity contribution is 9.10. The van der Waals surface area contributed by atoms with Gasteiger partial charge in [-0.2, -0.15) is 0 Å². The molecule has 0 saturated heterocycles. The summed E-state index contributed by atoms with van der Waals surface area (Å²) in [6, 6.07) is 12.0. The van der Waals surface area contributed by atoms with E-state index in [1.165, 1.54) is 0 Å². The number of nitrogen functional groups attached to an aromatic ring is 1. The van der Waals surface area contributed by atoms with Crippen LogP contribution in [0.1, 0.15) is 10.4 Å². The maximum Gasteiger partial charge on any atom is 0.255 e. The van der Waals surface area contributed by atoms with Crippen LogP contribution in [0.5, 0.6) is 0 Å². The molecular weight excluding hydrogens is 316 g/mol. The van der Waals surface area contributed by atoms with Gasteiger partial charge < -0.3 is 11.1 Å². The van der Waals surface area contributed by atoms with Crippen LogP contribution in [0, 0.1) is 0 Å². The van der Waals surface area contributed by atoms with E-state index in [2.05, 4.69) is 21.2 Å². The standard InChI is InChI=1S/C13H10BrClN2O/c14-11-7-8(1-6-12(11)16)13(18)17-10-4-2-9(15)3-5-10/h1-7H,16H2,(H,17,18). The second kappa shape index (κ2) is 5.42. The third-order valence-electron chi connectivity index (χ3n) is 2.36. The summed E-state index contributed by atoms with van der Waals surface area (Å²) in [5, 5.41) is 3.40. The molecule has 3 N–H and O–H groups in total. The fourth-order valence-corrected chi connectivity index (χ4v) is 1.91. The van der Waals surface area contributed by atoms with Gasteiger partial charge in [-0.15, -0.1) is 0 Å². The van der Waals surface area contributed by atoms with Crippen molar-refractivity contribution in [2.75, 3.05) is 11.1 Å². The Balaban J connectivity index is 2.16. The number of anilines is 2. The Bertz CT molecular complexity index is 584. The molecule has 0 aliphatic carbocycles. The van der Waals surface area contributed by atoms with E-state index < -0.39 is 0 Å². The molecule has 1 amide bonds. The van der Waals surface area contributed by atoms with Crippen LogP contribution in [0.4, 0.5) is 11.4 Å². The SMILES string of the molecule is Nc1ccc(C(=O)Nc2ccc(Cl)cc2)cc1Br. The minimum Gasteiger partial charge on any atom is -0.398 e. The molecule has 0 aromatic heterocycles. The van der Waals surface area contributed by atoms with Crippen LogP contribution < -0.4 is 11.1 Å². The predicted molar refractivity (Wildman–Crippen MR) is 78.0 cm³/mol. The van der Waals surface area contributed by atoms with E-state index >= 15 is 0 Å². The smallest absolute Gasteiger partial charge is 0.255 e. The summed E-state index contributed by atoms with van der Waals surface area (Å²) in [5.74, 6) is -0.196. The number of amides is 1. The minimum atomic E-state index is -0.196. The Morgan fingerprint density at radius 2 is 1.83 bits per heavy atom. The first-order chi connectivity index (χ1) is 8.56. The summed E-state index contributed by atoms with van der Waals surface area (Å²) in [6.45, 7) is 0. The van der Waals surface area contributed by atoms with Crippen molar-refractivity contribution in [1.29, 1.82) is 0 Å². The van der Waals surface area contributed by atoms with Crippen LogP contribution in [-0.2, 0) is 0 Å². The van der Waals surface area contributed by atoms with E-state index in [0.717, 1.165) is 0 Å². The number of hydrogen-bond acceptors (Lipinski definition) is 2. The van der Waals surface area contributed by atoms with Crippen LogP contribution in [0.15, 0.2) is 46.9 Å². The van der Waals surface area contributed by atoms with Crippen molar-refractivity contribution in [3.05, 3.63) is 57.5 Å². The molecule has 0 unspecified atom stereocenters. The first kappa shape index (κ1) is 12.9. The fraction of sp³-hybridized carbons (Fsp3) is 0. The number of hydrogen-bond donors (Lipinski definition) is 2. The zero-order valence-electron chi connectivity index (χ0n) is 9.28. The Hall–Kier alpha value is -1.52. The third kappa shape index (κ3) is 3.03. The molecule has 2 aromatic rings. The average Bonchev–Trinajstić information content (AvgIpc) is 2.35. The number of carbonyl (C=O) groups excluding carboxylic acids is 1. The molecule has 5 heteroatoms. The van der Waals surface area contributed by atoms with Crippen LogP contribution in [0.2, 0.25) is 5.02 Å². The molecule has 0 atom stereocenters. The molecule has 0 spiro atoms. The van der Waals surface area contributed by atoms with Crippen molar-refractivity contribution >= 4 is 44.8 Å². The van der Waals surface area contributed by atoms with Crippen LogP contribution in [0.3, 0.4) is 0 Å². The van der Waals surface area contributed by atoms with E-state index in [9.17, 15) is 4.79 Å². The zero-order chi connectivity index (χ0) is 13.1. The fourth-order valence-electron chi connectivity index (χ4n) is 1.40. The molecule has 0 aliphatic rings. The maximum atomic E-state index is 12.0. The van der Waals surface area contributed by atoms with Gasteiger partial charge in [0.2, 0.25) is 0 Å². The Morgan fingerprint density at radius 1 is 1.17 bits per heavy atom. The van der Waals surface area contributed by atoms with Crippen molar-refractivity contribution in [3.63, 3.8) is 0 Å². The normalized spacial score (nSPS) is 10.1. The van der Waals surface area contributed by atoms with E-state index in [1.54, 1.807) is 42.5 Å². The zero-order valence-corrected chi connectivity index (χ0v) is 11.6. The Morgan fingerprint density at radius 3 is 2.44 bits per heavy atom. The molecule has 0 heterocycles. The second-order valence-corrected chi connectivity index (χ2v) is 4.99. The highest BCUT2D eigenvalue weighted by Gasteiger charge is 2.07. The van der Waals surface area contributed by atoms with Gasteiger partial charge in [0.15, 0.2) is 0 Å². The van der Waals surface area contributed by atoms with Gasteiger partial charge in [0.1, 0.15) is 0 Å². The van der Waals surface area contributed by atoms with Crippen molar-refractivity contribution in [3.8, 4) is 0 Å². The molecule has 2 rings (SSSR count). The van der Waals surface area contributed by atoms with Gasteiger partial charge in [-0.1, -0.05) is 11.6 Å². The van der Waals surface area contributed by atoms with Gasteiger partial charge in [-0.05, 0) is 58.4 Å². The highest BCUT2D eigenvalue weighted by Crippen LogP contribution is 2.21. The molecule has 0 fully saturated rings. The molecule has 2 aromatic carbocycles. The highest BCUT2D eigenvalue weighted by atomic mass is 79.9. The van der Waals surface area contributed by atoms with E-state index in [-0.39, 0.29) is 5.91 Å². The Kier molecular flexibility index (Phi) is 3.89. The lowest BCUT2D eigenvalue weighted by molar-refractivity contribution is 0.102. The summed E-state index contributed by atoms with van der Waals surface area (Å²) in [7, 11) is 0. The van der Waals surface area contributed by atoms with Gasteiger partial charge in [0.05, 0.1) is 0 Å². The Labute approximate surface area is 118 Å². The van der Waals surface area contributed by atoms with E-state index in [0.29, 0.717) is 26.4 Å². The summed E-state index contributed by atoms with van der Waals surface area (Å²) in [6.07, 6.45) is 0. The maximum absolute atomic E-state index is 12.0. The van der Waals surface area contributed by atoms with Crippen LogP contribution in [-0.4, -0.2) is 5.91 Å². The van der Waals surface area contributed by atoms with Gasteiger partial charge in [0, 0.05) is 26.4 Å². The summed E-state index contributed by atoms with van der Waals surface area (Å²) in [5.41, 5.74) is 7.49. The minimum absolute atomic E-state index is 0.196. The topological polar surface area (TPSA) is 55.1 Å². The van der Waals surface area contributed by atoms with Crippen molar-refractivity contribution in [2.45, 2.75) is 0 Å². The number of carbonyl (C=O) groups is 1. The molecule has 3 nitrogen and oxygen atoms in total. The lowest BCUT2D eigenvalue weighted by Gasteiger charge is -2.06. The number of benzene rings is 2. The van der Waals surface area contributed by atoms with Crippen LogP contribution >= 0.6 is 27.5 Å². The first-order valence-corrected chi connectivity index (χ1v) is 6.35.